The molecule has 2 atom stereocenters. The number of primary amides is 1. The minimum Gasteiger partial charge on any atom is -0.467 e. The molecule has 0 unspecified atom stereocenters. The van der Waals surface area contributed by atoms with E-state index in [1.54, 1.807) is 22.9 Å². The van der Waals surface area contributed by atoms with Crippen molar-refractivity contribution in [2.24, 2.45) is 5.73 Å². The van der Waals surface area contributed by atoms with Crippen molar-refractivity contribution in [1.82, 2.24) is 10.6 Å². The largest absolute Gasteiger partial charge is 0.467 e. The van der Waals surface area contributed by atoms with Gasteiger partial charge in [0.15, 0.2) is 0 Å². The Kier molecular flexibility index (Phi) is 13.1. The number of rotatable bonds is 13. The van der Waals surface area contributed by atoms with Crippen LogP contribution in [0, 0.1) is 0 Å². The molecule has 184 valence electrons. The molecule has 0 spiro atoms. The molecule has 0 heterocycles. The van der Waals surface area contributed by atoms with Gasteiger partial charge in [-0.1, -0.05) is 72.7 Å². The number of esters is 1. The highest BCUT2D eigenvalue weighted by molar-refractivity contribution is 9.09. The summed E-state index contributed by atoms with van der Waals surface area (Å²) in [6.45, 7) is 6.21. The minimum atomic E-state index is -1.12. The number of carbonyl (C=O) groups excluding carboxylic acids is 4. The predicted octanol–water partition coefficient (Wildman–Crippen LogP) is 3.03. The summed E-state index contributed by atoms with van der Waals surface area (Å²) in [4.78, 5) is 48.4. The van der Waals surface area contributed by atoms with Gasteiger partial charge in [-0.05, 0) is 21.8 Å². The molecule has 0 aromatic heterocycles. The second kappa shape index (κ2) is 15.0. The van der Waals surface area contributed by atoms with E-state index < -0.39 is 36.0 Å². The lowest BCUT2D eigenvalue weighted by atomic mass is 10.1. The van der Waals surface area contributed by atoms with Crippen molar-refractivity contribution in [2.75, 3.05) is 12.9 Å². The summed E-state index contributed by atoms with van der Waals surface area (Å²) in [6.07, 6.45) is -1.01. The first-order valence-corrected chi connectivity index (χ1v) is 13.8. The summed E-state index contributed by atoms with van der Waals surface area (Å²) < 4.78 is 9.97. The van der Waals surface area contributed by atoms with Gasteiger partial charge in [0.2, 0.25) is 11.8 Å². The fraction of sp³-hybridized carbons (Fsp3) is 0.524. The van der Waals surface area contributed by atoms with Crippen LogP contribution in [0.5, 0.6) is 0 Å². The van der Waals surface area contributed by atoms with Gasteiger partial charge in [0, 0.05) is 16.9 Å². The van der Waals surface area contributed by atoms with E-state index in [0.29, 0.717) is 0 Å². The second-order valence-corrected chi connectivity index (χ2v) is 12.8. The third kappa shape index (κ3) is 13.3. The number of carbonyl (C=O) groups is 4. The first kappa shape index (κ1) is 29.0. The Balaban J connectivity index is 2.72. The summed E-state index contributed by atoms with van der Waals surface area (Å²) in [7, 11) is 5.77. The van der Waals surface area contributed by atoms with Crippen LogP contribution in [0.15, 0.2) is 30.3 Å². The van der Waals surface area contributed by atoms with E-state index in [4.69, 9.17) is 15.2 Å². The Bertz CT molecular complexity index is 789. The summed E-state index contributed by atoms with van der Waals surface area (Å²) in [5.41, 5.74) is 5.97. The Morgan fingerprint density at radius 1 is 1.06 bits per heavy atom. The van der Waals surface area contributed by atoms with Crippen molar-refractivity contribution in [2.45, 2.75) is 57.1 Å². The van der Waals surface area contributed by atoms with Crippen LogP contribution < -0.4 is 16.4 Å². The summed E-state index contributed by atoms with van der Waals surface area (Å²) in [5.74, 6) is -1.62. The number of nitrogens with one attached hydrogen (secondary N) is 2. The normalized spacial score (nSPS) is 12.8. The molecule has 4 N–H and O–H groups in total. The second-order valence-electron chi connectivity index (χ2n) is 7.90. The zero-order valence-corrected chi connectivity index (χ0v) is 21.6. The van der Waals surface area contributed by atoms with E-state index in [9.17, 15) is 19.2 Å². The van der Waals surface area contributed by atoms with Gasteiger partial charge in [0.1, 0.15) is 18.7 Å². The Hall–Kier alpha value is -2.05. The Morgan fingerprint density at radius 2 is 1.73 bits per heavy atom. The van der Waals surface area contributed by atoms with E-state index in [-0.39, 0.29) is 29.9 Å². The summed E-state index contributed by atoms with van der Waals surface area (Å²) in [5, 5.41) is 5.03. The van der Waals surface area contributed by atoms with Crippen molar-refractivity contribution >= 4 is 55.3 Å². The molecule has 3 amide bonds. The molecule has 0 saturated heterocycles. The van der Waals surface area contributed by atoms with E-state index in [0.717, 1.165) is 5.56 Å². The lowest BCUT2D eigenvalue weighted by Crippen LogP contribution is -2.52. The van der Waals surface area contributed by atoms with Crippen LogP contribution in [0.2, 0.25) is 0 Å². The van der Waals surface area contributed by atoms with Gasteiger partial charge < -0.3 is 25.8 Å². The molecular formula is C21H31N3O6S3. The van der Waals surface area contributed by atoms with Gasteiger partial charge in [0.05, 0.1) is 7.11 Å². The van der Waals surface area contributed by atoms with Crippen molar-refractivity contribution in [3.63, 3.8) is 0 Å². The Morgan fingerprint density at radius 3 is 2.30 bits per heavy atom. The van der Waals surface area contributed by atoms with Gasteiger partial charge >= 0.3 is 12.1 Å². The minimum absolute atomic E-state index is 0.0148. The molecule has 0 saturated carbocycles. The van der Waals surface area contributed by atoms with Gasteiger partial charge in [-0.3, -0.25) is 9.59 Å². The van der Waals surface area contributed by atoms with E-state index in [1.165, 1.54) is 27.7 Å². The molecule has 9 nitrogen and oxygen atoms in total. The molecule has 33 heavy (non-hydrogen) atoms. The van der Waals surface area contributed by atoms with E-state index in [1.807, 2.05) is 18.2 Å². The average Bonchev–Trinajstić information content (AvgIpc) is 2.76. The fourth-order valence-corrected chi connectivity index (χ4v) is 7.03. The third-order valence-electron chi connectivity index (χ3n) is 3.87. The van der Waals surface area contributed by atoms with Crippen LogP contribution in [0.4, 0.5) is 4.79 Å². The van der Waals surface area contributed by atoms with E-state index >= 15 is 0 Å². The van der Waals surface area contributed by atoms with Crippen LogP contribution in [-0.4, -0.2) is 53.6 Å². The lowest BCUT2D eigenvalue weighted by molar-refractivity contribution is -0.144. The maximum absolute atomic E-state index is 12.8. The fourth-order valence-electron chi connectivity index (χ4n) is 2.27. The smallest absolute Gasteiger partial charge is 0.408 e. The molecular weight excluding hydrogens is 486 g/mol. The number of hydrogen-bond acceptors (Lipinski definition) is 9. The zero-order chi connectivity index (χ0) is 24.9. The lowest BCUT2D eigenvalue weighted by Gasteiger charge is -2.22. The van der Waals surface area contributed by atoms with Gasteiger partial charge in [-0.15, -0.1) is 0 Å². The highest BCUT2D eigenvalue weighted by atomic mass is 33.5. The molecule has 0 fully saturated rings. The maximum atomic E-state index is 12.8. The number of hydrogen-bond donors (Lipinski definition) is 3. The predicted molar refractivity (Wildman–Crippen MR) is 133 cm³/mol. The number of alkyl carbamates (subject to hydrolysis) is 1. The summed E-state index contributed by atoms with van der Waals surface area (Å²) in [6, 6.07) is 6.99. The summed E-state index contributed by atoms with van der Waals surface area (Å²) >= 11 is 0. The third-order valence-corrected chi connectivity index (χ3v) is 8.88. The van der Waals surface area contributed by atoms with Gasteiger partial charge in [-0.2, -0.15) is 0 Å². The average molecular weight is 518 g/mol. The quantitative estimate of drug-likeness (QED) is 0.205. The molecule has 0 aliphatic heterocycles. The molecule has 12 heteroatoms. The number of benzene rings is 1. The number of amides is 3. The molecule has 0 aliphatic carbocycles. The molecule has 0 bridgehead atoms. The van der Waals surface area contributed by atoms with Crippen molar-refractivity contribution in [3.05, 3.63) is 35.9 Å². The number of nitrogens with two attached hydrogens (primary N) is 1. The topological polar surface area (TPSA) is 137 Å². The van der Waals surface area contributed by atoms with Crippen LogP contribution in [-0.2, 0) is 30.5 Å². The molecule has 1 aromatic carbocycles. The highest BCUT2D eigenvalue weighted by Gasteiger charge is 2.28. The van der Waals surface area contributed by atoms with Gasteiger partial charge in [-0.25, -0.2) is 9.59 Å². The highest BCUT2D eigenvalue weighted by Crippen LogP contribution is 2.43. The van der Waals surface area contributed by atoms with Crippen LogP contribution in [0.25, 0.3) is 0 Å². The number of methoxy groups -OCH3 is 1. The molecule has 1 aromatic rings. The van der Waals surface area contributed by atoms with Crippen molar-refractivity contribution in [3.8, 4) is 0 Å². The Labute approximate surface area is 205 Å². The van der Waals surface area contributed by atoms with Crippen molar-refractivity contribution < 1.29 is 28.7 Å². The number of ether oxygens (including phenoxy) is 2. The van der Waals surface area contributed by atoms with Crippen LogP contribution in [0.3, 0.4) is 0 Å². The van der Waals surface area contributed by atoms with Crippen LogP contribution >= 0.6 is 31.4 Å². The molecule has 1 rings (SSSR count). The SMILES string of the molecule is COC(=O)[C@H](CSSSC(C)(C)C)NC(=O)[C@H](CCC(N)=O)NC(=O)OCc1ccccc1. The standard InChI is InChI=1S/C21H31N3O6S3/c1-21(2,3)32-33-31-13-16(19(27)29-4)23-18(26)15(10-11-17(22)25)24-20(28)30-12-14-8-6-5-7-9-14/h5-9,15-16H,10-13H2,1-4H3,(H2,22,25)(H,23,26)(H,24,28)/t15-,16-/m0/s1. The van der Waals surface area contributed by atoms with Crippen LogP contribution in [0.1, 0.15) is 39.2 Å². The van der Waals surface area contributed by atoms with Gasteiger partial charge in [0.25, 0.3) is 0 Å². The first-order valence-electron chi connectivity index (χ1n) is 10.1. The molecule has 0 aliphatic rings. The zero-order valence-electron chi connectivity index (χ0n) is 19.1. The molecule has 0 radical (unpaired) electrons. The monoisotopic (exact) mass is 517 g/mol. The van der Waals surface area contributed by atoms with E-state index in [2.05, 4.69) is 31.4 Å². The van der Waals surface area contributed by atoms with Crippen molar-refractivity contribution in [1.29, 1.82) is 0 Å². The maximum Gasteiger partial charge on any atom is 0.408 e. The first-order chi connectivity index (χ1) is 15.5.